The number of fused-ring (bicyclic) bond motifs is 2. The van der Waals surface area contributed by atoms with Gasteiger partial charge in [0.1, 0.15) is 15.9 Å². The van der Waals surface area contributed by atoms with E-state index in [0.29, 0.717) is 10.8 Å². The summed E-state index contributed by atoms with van der Waals surface area (Å²) >= 11 is 0. The molecule has 0 unspecified atom stereocenters. The number of nitrogens with one attached hydrogen (secondary N) is 2. The summed E-state index contributed by atoms with van der Waals surface area (Å²) < 4.78 is 66.2. The number of hydrogen-bond donors (Lipinski definition) is 4. The third-order valence-electron chi connectivity index (χ3n) is 7.39. The first-order valence-electron chi connectivity index (χ1n) is 14.3. The molecule has 0 fully saturated rings. The normalized spacial score (nSPS) is 12.9. The molecule has 256 valence electrons. The summed E-state index contributed by atoms with van der Waals surface area (Å²) in [6, 6.07) is 23.1. The van der Waals surface area contributed by atoms with E-state index < -0.39 is 47.1 Å². The summed E-state index contributed by atoms with van der Waals surface area (Å²) in [6.45, 7) is 0. The maximum atomic E-state index is 13.6. The van der Waals surface area contributed by atoms with Gasteiger partial charge in [-0.15, -0.1) is 10.2 Å². The molecule has 0 aromatic heterocycles. The fourth-order valence-electron chi connectivity index (χ4n) is 4.96. The molecule has 6 aromatic rings. The zero-order chi connectivity index (χ0) is 36.5. The highest BCUT2D eigenvalue weighted by Crippen LogP contribution is 2.30. The molecule has 0 bridgehead atoms. The van der Waals surface area contributed by atoms with Crippen LogP contribution in [0.5, 0.6) is 0 Å². The Balaban J connectivity index is 1.48. The number of non-ortho nitro benzene ring substituents is 1. The number of azo groups is 1. The number of rotatable bonds is 9. The molecule has 0 saturated carbocycles. The fraction of sp³-hybridized carbons (Fsp3) is 0. The van der Waals surface area contributed by atoms with Crippen LogP contribution in [0.4, 0.5) is 28.4 Å². The molecule has 6 rings (SSSR count). The van der Waals surface area contributed by atoms with Crippen LogP contribution in [0.25, 0.3) is 21.5 Å². The first kappa shape index (κ1) is 34.3. The van der Waals surface area contributed by atoms with Gasteiger partial charge in [-0.1, -0.05) is 42.5 Å². The minimum Gasteiger partial charge on any atom is -0.285 e. The molecule has 0 heterocycles. The Bertz CT molecular complexity index is 2890. The molecule has 0 radical (unpaired) electrons. The van der Waals surface area contributed by atoms with E-state index >= 15 is 0 Å². The zero-order valence-electron chi connectivity index (χ0n) is 25.5. The third-order valence-corrected chi connectivity index (χ3v) is 9.16. The maximum Gasteiger partial charge on any atom is 0.295 e. The standard InChI is InChI=1S/C32H21N7O10S2/c40-31-27(36-33-19-8-10-20(11-9-19)39(42)43)17-28(37-34-25-7-3-4-18-16-21(50(44,45)46)12-13-22(18)25)32(41)30(31)38-35-26-14-15-29(51(47,48)49)24-6-2-1-5-23(24)26/h1-17,33,35H,(H,44,45,46)(H,47,48,49)/b36-27+,37-34?,38-30-. The van der Waals surface area contributed by atoms with Crippen molar-refractivity contribution in [1.29, 1.82) is 0 Å². The van der Waals surface area contributed by atoms with Gasteiger partial charge in [-0.3, -0.25) is 39.7 Å². The largest absolute Gasteiger partial charge is 0.295 e. The minimum absolute atomic E-state index is 0.134. The molecule has 0 saturated heterocycles. The lowest BCUT2D eigenvalue weighted by molar-refractivity contribution is -0.384. The number of nitro groups is 1. The second-order valence-electron chi connectivity index (χ2n) is 10.6. The topological polar surface area (TPSA) is 260 Å². The maximum absolute atomic E-state index is 13.6. The lowest BCUT2D eigenvalue weighted by Crippen LogP contribution is -2.48. The number of hydrogen-bond acceptors (Lipinski definition) is 14. The third kappa shape index (κ3) is 7.26. The van der Waals surface area contributed by atoms with E-state index in [1.807, 2.05) is 0 Å². The molecule has 51 heavy (non-hydrogen) atoms. The minimum atomic E-state index is -4.60. The van der Waals surface area contributed by atoms with Gasteiger partial charge in [0.15, 0.2) is 5.36 Å². The predicted molar refractivity (Wildman–Crippen MR) is 185 cm³/mol. The van der Waals surface area contributed by atoms with Crippen molar-refractivity contribution in [2.45, 2.75) is 9.79 Å². The quantitative estimate of drug-likeness (QED) is 0.0705. The van der Waals surface area contributed by atoms with Gasteiger partial charge >= 0.3 is 0 Å². The highest BCUT2D eigenvalue weighted by atomic mass is 32.2. The highest BCUT2D eigenvalue weighted by Gasteiger charge is 2.16. The van der Waals surface area contributed by atoms with Crippen LogP contribution in [0.15, 0.2) is 143 Å². The van der Waals surface area contributed by atoms with Gasteiger partial charge in [-0.05, 0) is 47.9 Å². The average Bonchev–Trinajstić information content (AvgIpc) is 3.09. The van der Waals surface area contributed by atoms with E-state index in [-0.39, 0.29) is 48.7 Å². The monoisotopic (exact) mass is 727 g/mol. The van der Waals surface area contributed by atoms with Gasteiger partial charge in [0, 0.05) is 34.4 Å². The van der Waals surface area contributed by atoms with Crippen LogP contribution in [-0.2, 0) is 20.2 Å². The van der Waals surface area contributed by atoms with Crippen molar-refractivity contribution in [3.05, 3.63) is 144 Å². The Morgan fingerprint density at radius 2 is 1.35 bits per heavy atom. The van der Waals surface area contributed by atoms with Crippen LogP contribution in [0, 0.1) is 10.1 Å². The van der Waals surface area contributed by atoms with E-state index in [2.05, 4.69) is 31.3 Å². The van der Waals surface area contributed by atoms with Crippen molar-refractivity contribution in [3.63, 3.8) is 0 Å². The second kappa shape index (κ2) is 13.4. The molecular weight excluding hydrogens is 707 g/mol. The van der Waals surface area contributed by atoms with Crippen LogP contribution >= 0.6 is 0 Å². The molecule has 4 N–H and O–H groups in total. The van der Waals surface area contributed by atoms with Crippen molar-refractivity contribution in [2.75, 3.05) is 10.9 Å². The van der Waals surface area contributed by atoms with Crippen LogP contribution in [0.3, 0.4) is 0 Å². The molecular formula is C32H21N7O10S2. The highest BCUT2D eigenvalue weighted by molar-refractivity contribution is 7.86. The fourth-order valence-corrected chi connectivity index (χ4v) is 6.17. The van der Waals surface area contributed by atoms with E-state index in [0.717, 1.165) is 18.2 Å². The zero-order valence-corrected chi connectivity index (χ0v) is 27.2. The van der Waals surface area contributed by atoms with Gasteiger partial charge in [-0.2, -0.15) is 27.0 Å². The Morgan fingerprint density at radius 3 is 2.04 bits per heavy atom. The van der Waals surface area contributed by atoms with E-state index in [1.54, 1.807) is 24.3 Å². The van der Waals surface area contributed by atoms with Gasteiger partial charge < -0.3 is 0 Å². The molecule has 0 aliphatic heterocycles. The van der Waals surface area contributed by atoms with Gasteiger partial charge in [0.2, 0.25) is 10.9 Å². The van der Waals surface area contributed by atoms with Crippen molar-refractivity contribution in [3.8, 4) is 0 Å². The molecule has 0 amide bonds. The van der Waals surface area contributed by atoms with Crippen LogP contribution < -0.4 is 32.4 Å². The van der Waals surface area contributed by atoms with Crippen LogP contribution in [-0.4, -0.2) is 30.9 Å². The van der Waals surface area contributed by atoms with Crippen molar-refractivity contribution >= 4 is 70.2 Å². The number of anilines is 2. The first-order chi connectivity index (χ1) is 24.2. The first-order valence-corrected chi connectivity index (χ1v) is 17.2. The van der Waals surface area contributed by atoms with Gasteiger partial charge in [0.05, 0.1) is 26.9 Å². The van der Waals surface area contributed by atoms with E-state index in [4.69, 9.17) is 0 Å². The van der Waals surface area contributed by atoms with Crippen LogP contribution in [0.1, 0.15) is 0 Å². The Labute approximate surface area is 285 Å². The van der Waals surface area contributed by atoms with E-state index in [1.165, 1.54) is 60.7 Å². The van der Waals surface area contributed by atoms with Crippen LogP contribution in [0.2, 0.25) is 0 Å². The predicted octanol–water partition coefficient (Wildman–Crippen LogP) is 4.26. The van der Waals surface area contributed by atoms with Gasteiger partial charge in [0.25, 0.3) is 25.9 Å². The van der Waals surface area contributed by atoms with Crippen molar-refractivity contribution in [1.82, 2.24) is 0 Å². The van der Waals surface area contributed by atoms with Crippen molar-refractivity contribution in [2.24, 2.45) is 20.4 Å². The summed E-state index contributed by atoms with van der Waals surface area (Å²) in [5.74, 6) is 0. The number of benzene rings is 6. The second-order valence-corrected chi connectivity index (χ2v) is 13.5. The molecule has 0 spiro atoms. The summed E-state index contributed by atoms with van der Waals surface area (Å²) in [5, 5.41) is 27.5. The lowest BCUT2D eigenvalue weighted by atomic mass is 10.1. The molecule has 19 heteroatoms. The summed E-state index contributed by atoms with van der Waals surface area (Å²) in [5.41, 5.74) is 3.32. The molecule has 17 nitrogen and oxygen atoms in total. The van der Waals surface area contributed by atoms with E-state index in [9.17, 15) is 45.6 Å². The van der Waals surface area contributed by atoms with Crippen molar-refractivity contribution < 1.29 is 30.9 Å². The van der Waals surface area contributed by atoms with Gasteiger partial charge in [-0.25, -0.2) is 0 Å². The molecule has 0 aliphatic carbocycles. The SMILES string of the molecule is O=c1c(N=Nc2cccc3cc(S(=O)(=O)O)ccc23)c/c(=N\Nc2ccc([N+](=O)[O-])cc2)c(=O)/c1=N/Nc1ccc(S(=O)(=O)O)c2ccccc12. The molecule has 6 aromatic carbocycles. The summed E-state index contributed by atoms with van der Waals surface area (Å²) in [4.78, 5) is 36.8. The summed E-state index contributed by atoms with van der Waals surface area (Å²) in [6.07, 6.45) is 0. The summed E-state index contributed by atoms with van der Waals surface area (Å²) in [7, 11) is -9.08. The Kier molecular flexibility index (Phi) is 9.02. The average molecular weight is 728 g/mol. The Hall–Kier alpha value is -6.54. The lowest BCUT2D eigenvalue weighted by Gasteiger charge is -2.09. The number of nitrogens with zero attached hydrogens (tertiary/aromatic N) is 5. The smallest absolute Gasteiger partial charge is 0.285 e. The number of nitro benzene ring substituents is 1. The molecule has 0 atom stereocenters. The Morgan fingerprint density at radius 1 is 0.647 bits per heavy atom. The molecule has 0 aliphatic rings.